The lowest BCUT2D eigenvalue weighted by molar-refractivity contribution is -0.157. The minimum atomic E-state index is -1.15. The SMILES string of the molecule is CCCCCCC(OCc1ccccc1)C(C)([O])C(CCC)c1ccccc1. The van der Waals surface area contributed by atoms with Crippen LogP contribution in [0.5, 0.6) is 0 Å². The molecule has 1 radical (unpaired) electrons. The predicted molar refractivity (Wildman–Crippen MR) is 117 cm³/mol. The van der Waals surface area contributed by atoms with Crippen LogP contribution in [0.4, 0.5) is 0 Å². The highest BCUT2D eigenvalue weighted by molar-refractivity contribution is 5.23. The van der Waals surface area contributed by atoms with Gasteiger partial charge in [0.25, 0.3) is 0 Å². The Bertz CT molecular complexity index is 636. The van der Waals surface area contributed by atoms with Crippen LogP contribution in [0.25, 0.3) is 0 Å². The molecule has 153 valence electrons. The third-order valence-corrected chi connectivity index (χ3v) is 5.72. The molecule has 0 saturated carbocycles. The van der Waals surface area contributed by atoms with Crippen LogP contribution in [-0.2, 0) is 16.5 Å². The smallest absolute Gasteiger partial charge is 0.133 e. The maximum atomic E-state index is 14.1. The third-order valence-electron chi connectivity index (χ3n) is 5.72. The molecule has 2 aromatic carbocycles. The molecule has 0 amide bonds. The Morgan fingerprint density at radius 2 is 1.46 bits per heavy atom. The maximum absolute atomic E-state index is 14.1. The van der Waals surface area contributed by atoms with Crippen molar-refractivity contribution >= 4 is 0 Å². The van der Waals surface area contributed by atoms with Gasteiger partial charge in [0.2, 0.25) is 0 Å². The van der Waals surface area contributed by atoms with E-state index in [1.807, 2.05) is 43.3 Å². The van der Waals surface area contributed by atoms with Gasteiger partial charge in [-0.2, -0.15) is 0 Å². The Hall–Kier alpha value is -1.64. The zero-order chi connectivity index (χ0) is 20.2. The highest BCUT2D eigenvalue weighted by Crippen LogP contribution is 2.38. The van der Waals surface area contributed by atoms with Gasteiger partial charge in [0.15, 0.2) is 0 Å². The Balaban J connectivity index is 2.18. The molecule has 0 saturated heterocycles. The van der Waals surface area contributed by atoms with Crippen molar-refractivity contribution in [1.82, 2.24) is 0 Å². The summed E-state index contributed by atoms with van der Waals surface area (Å²) in [4.78, 5) is 0. The number of rotatable bonds is 13. The second-order valence-corrected chi connectivity index (χ2v) is 8.07. The minimum Gasteiger partial charge on any atom is -0.370 e. The van der Waals surface area contributed by atoms with Crippen LogP contribution in [-0.4, -0.2) is 11.7 Å². The van der Waals surface area contributed by atoms with Crippen molar-refractivity contribution in [3.63, 3.8) is 0 Å². The molecule has 0 aliphatic heterocycles. The van der Waals surface area contributed by atoms with Crippen LogP contribution in [0.15, 0.2) is 60.7 Å². The van der Waals surface area contributed by atoms with Gasteiger partial charge in [0.05, 0.1) is 12.7 Å². The van der Waals surface area contributed by atoms with E-state index in [9.17, 15) is 5.11 Å². The van der Waals surface area contributed by atoms with E-state index in [1.165, 1.54) is 19.3 Å². The number of hydrogen-bond acceptors (Lipinski definition) is 1. The maximum Gasteiger partial charge on any atom is 0.133 e. The van der Waals surface area contributed by atoms with Gasteiger partial charge in [-0.3, -0.25) is 0 Å². The van der Waals surface area contributed by atoms with E-state index >= 15 is 0 Å². The van der Waals surface area contributed by atoms with Gasteiger partial charge >= 0.3 is 0 Å². The van der Waals surface area contributed by atoms with E-state index in [-0.39, 0.29) is 12.0 Å². The lowest BCUT2D eigenvalue weighted by atomic mass is 9.75. The molecule has 0 aliphatic rings. The summed E-state index contributed by atoms with van der Waals surface area (Å²) in [6.45, 7) is 6.75. The number of ether oxygens (including phenoxy) is 1. The monoisotopic (exact) mass is 381 g/mol. The fourth-order valence-corrected chi connectivity index (χ4v) is 4.05. The predicted octanol–water partition coefficient (Wildman–Crippen LogP) is 7.32. The lowest BCUT2D eigenvalue weighted by Gasteiger charge is -2.38. The van der Waals surface area contributed by atoms with Crippen molar-refractivity contribution in [2.24, 2.45) is 0 Å². The summed E-state index contributed by atoms with van der Waals surface area (Å²) in [6.07, 6.45) is 7.08. The van der Waals surface area contributed by atoms with Crippen LogP contribution in [0, 0.1) is 0 Å². The molecule has 28 heavy (non-hydrogen) atoms. The van der Waals surface area contributed by atoms with E-state index in [0.29, 0.717) is 6.61 Å². The molecular formula is C26H37O2. The molecule has 3 atom stereocenters. The summed E-state index contributed by atoms with van der Waals surface area (Å²) in [6, 6.07) is 20.5. The number of unbranched alkanes of at least 4 members (excludes halogenated alkanes) is 3. The molecule has 2 aromatic rings. The Labute approximate surface area is 172 Å². The molecule has 0 N–H and O–H groups in total. The van der Waals surface area contributed by atoms with Crippen molar-refractivity contribution < 1.29 is 9.84 Å². The summed E-state index contributed by atoms with van der Waals surface area (Å²) < 4.78 is 6.31. The fraction of sp³-hybridized carbons (Fsp3) is 0.538. The first-order valence-electron chi connectivity index (χ1n) is 11.0. The van der Waals surface area contributed by atoms with Gasteiger partial charge in [0, 0.05) is 5.92 Å². The molecule has 0 fully saturated rings. The average Bonchev–Trinajstić information content (AvgIpc) is 2.72. The summed E-state index contributed by atoms with van der Waals surface area (Å²) in [5, 5.41) is 14.1. The minimum absolute atomic E-state index is 0.0364. The molecule has 0 spiro atoms. The first kappa shape index (κ1) is 22.6. The van der Waals surface area contributed by atoms with Crippen LogP contribution >= 0.6 is 0 Å². The third kappa shape index (κ3) is 6.76. The topological polar surface area (TPSA) is 29.1 Å². The molecule has 0 aliphatic carbocycles. The second-order valence-electron chi connectivity index (χ2n) is 8.07. The van der Waals surface area contributed by atoms with E-state index in [0.717, 1.165) is 36.8 Å². The Morgan fingerprint density at radius 1 is 0.821 bits per heavy atom. The molecule has 0 bridgehead atoms. The van der Waals surface area contributed by atoms with Gasteiger partial charge in [0.1, 0.15) is 5.60 Å². The molecular weight excluding hydrogens is 344 g/mol. The van der Waals surface area contributed by atoms with Gasteiger partial charge in [-0.25, -0.2) is 5.11 Å². The summed E-state index contributed by atoms with van der Waals surface area (Å²) >= 11 is 0. The zero-order valence-electron chi connectivity index (χ0n) is 17.9. The van der Waals surface area contributed by atoms with Crippen molar-refractivity contribution in [3.05, 3.63) is 71.8 Å². The normalized spacial score (nSPS) is 15.7. The summed E-state index contributed by atoms with van der Waals surface area (Å²) in [5.41, 5.74) is 1.12. The van der Waals surface area contributed by atoms with Gasteiger partial charge in [-0.05, 0) is 30.9 Å². The van der Waals surface area contributed by atoms with E-state index in [1.54, 1.807) is 0 Å². The van der Waals surface area contributed by atoms with Crippen molar-refractivity contribution in [3.8, 4) is 0 Å². The highest BCUT2D eigenvalue weighted by atomic mass is 16.5. The van der Waals surface area contributed by atoms with Gasteiger partial charge in [-0.1, -0.05) is 107 Å². The Kier molecular flexibility index (Phi) is 9.73. The highest BCUT2D eigenvalue weighted by Gasteiger charge is 2.42. The van der Waals surface area contributed by atoms with Gasteiger partial charge < -0.3 is 4.74 Å². The molecule has 0 heterocycles. The molecule has 3 unspecified atom stereocenters. The lowest BCUT2D eigenvalue weighted by Crippen LogP contribution is -2.45. The number of benzene rings is 2. The van der Waals surface area contributed by atoms with Crippen molar-refractivity contribution in [2.75, 3.05) is 0 Å². The molecule has 2 heteroatoms. The van der Waals surface area contributed by atoms with Crippen LogP contribution < -0.4 is 0 Å². The largest absolute Gasteiger partial charge is 0.370 e. The number of hydrogen-bond donors (Lipinski definition) is 0. The van der Waals surface area contributed by atoms with Crippen LogP contribution in [0.3, 0.4) is 0 Å². The van der Waals surface area contributed by atoms with Crippen molar-refractivity contribution in [1.29, 1.82) is 0 Å². The average molecular weight is 382 g/mol. The van der Waals surface area contributed by atoms with Crippen molar-refractivity contribution in [2.45, 2.75) is 89.9 Å². The molecule has 2 rings (SSSR count). The molecule has 2 nitrogen and oxygen atoms in total. The molecule has 0 aromatic heterocycles. The van der Waals surface area contributed by atoms with Crippen LogP contribution in [0.1, 0.15) is 82.8 Å². The summed E-state index contributed by atoms with van der Waals surface area (Å²) in [5.74, 6) is -0.0364. The van der Waals surface area contributed by atoms with Crippen LogP contribution in [0.2, 0.25) is 0 Å². The fourth-order valence-electron chi connectivity index (χ4n) is 4.05. The zero-order valence-corrected chi connectivity index (χ0v) is 17.9. The Morgan fingerprint density at radius 3 is 2.07 bits per heavy atom. The quantitative estimate of drug-likeness (QED) is 0.334. The van der Waals surface area contributed by atoms with E-state index < -0.39 is 5.60 Å². The van der Waals surface area contributed by atoms with Gasteiger partial charge in [-0.15, -0.1) is 0 Å². The standard InChI is InChI=1S/C26H37O2/c1-4-6-7-14-20-25(28-21-22-16-10-8-11-17-22)26(3,27)24(15-5-2)23-18-12-9-13-19-23/h8-13,16-19,24-25H,4-7,14-15,20-21H2,1-3H3. The first-order chi connectivity index (χ1) is 13.6. The second kappa shape index (κ2) is 12.0. The van der Waals surface area contributed by atoms with E-state index in [2.05, 4.69) is 38.1 Å². The van der Waals surface area contributed by atoms with E-state index in [4.69, 9.17) is 4.74 Å². The first-order valence-corrected chi connectivity index (χ1v) is 11.0. The summed E-state index contributed by atoms with van der Waals surface area (Å²) in [7, 11) is 0.